The zero-order chi connectivity index (χ0) is 18.1. The Kier molecular flexibility index (Phi) is 4.34. The van der Waals surface area contributed by atoms with Gasteiger partial charge in [0.05, 0.1) is 17.4 Å². The van der Waals surface area contributed by atoms with Crippen molar-refractivity contribution in [1.29, 1.82) is 0 Å². The van der Waals surface area contributed by atoms with Gasteiger partial charge < -0.3 is 14.4 Å². The van der Waals surface area contributed by atoms with Gasteiger partial charge in [0.1, 0.15) is 13.1 Å². The van der Waals surface area contributed by atoms with Gasteiger partial charge in [-0.2, -0.15) is 0 Å². The van der Waals surface area contributed by atoms with E-state index in [9.17, 15) is 9.59 Å². The largest absolute Gasteiger partial charge is 0.330 e. The first-order valence-corrected chi connectivity index (χ1v) is 8.73. The molecule has 1 aliphatic rings. The van der Waals surface area contributed by atoms with E-state index in [0.29, 0.717) is 18.1 Å². The number of benzene rings is 2. The molecule has 1 saturated heterocycles. The Labute approximate surface area is 155 Å². The van der Waals surface area contributed by atoms with Crippen molar-refractivity contribution >= 4 is 40.1 Å². The number of aromatic nitrogens is 2. The molecule has 6 nitrogen and oxygen atoms in total. The Morgan fingerprint density at radius 3 is 2.77 bits per heavy atom. The van der Waals surface area contributed by atoms with Gasteiger partial charge in [-0.05, 0) is 30.3 Å². The Hall–Kier alpha value is -2.86. The first-order chi connectivity index (χ1) is 12.6. The molecule has 2 heterocycles. The molecule has 7 heteroatoms. The van der Waals surface area contributed by atoms with E-state index in [4.69, 9.17) is 11.6 Å². The second-order valence-electron chi connectivity index (χ2n) is 6.20. The summed E-state index contributed by atoms with van der Waals surface area (Å²) in [5.41, 5.74) is 2.52. The van der Waals surface area contributed by atoms with Gasteiger partial charge in [0.2, 0.25) is 11.8 Å². The standard InChI is InChI=1S/C19H17ClN4O2/c20-14-4-3-5-15(10-14)24-9-8-22(12-19(24)26)18(25)11-23-13-21-16-6-1-2-7-17(16)23/h1-7,10,13H,8-9,11-12H2. The highest BCUT2D eigenvalue weighted by molar-refractivity contribution is 6.30. The first-order valence-electron chi connectivity index (χ1n) is 8.35. The molecule has 3 aromatic rings. The quantitative estimate of drug-likeness (QED) is 0.714. The molecule has 0 aliphatic carbocycles. The predicted octanol–water partition coefficient (Wildman–Crippen LogP) is 2.57. The van der Waals surface area contributed by atoms with Gasteiger partial charge in [-0.3, -0.25) is 9.59 Å². The average Bonchev–Trinajstić information content (AvgIpc) is 3.04. The number of anilines is 1. The maximum Gasteiger partial charge on any atom is 0.246 e. The van der Waals surface area contributed by atoms with Crippen LogP contribution in [0.2, 0.25) is 5.02 Å². The fourth-order valence-electron chi connectivity index (χ4n) is 3.19. The minimum Gasteiger partial charge on any atom is -0.330 e. The number of rotatable bonds is 3. The number of hydrogen-bond acceptors (Lipinski definition) is 3. The molecule has 0 spiro atoms. The number of para-hydroxylation sites is 2. The molecule has 2 amide bonds. The van der Waals surface area contributed by atoms with E-state index in [0.717, 1.165) is 16.7 Å². The smallest absolute Gasteiger partial charge is 0.246 e. The van der Waals surface area contributed by atoms with E-state index in [1.807, 2.05) is 41.0 Å². The summed E-state index contributed by atoms with van der Waals surface area (Å²) in [5, 5.41) is 0.584. The summed E-state index contributed by atoms with van der Waals surface area (Å²) >= 11 is 6.01. The molecule has 4 rings (SSSR count). The summed E-state index contributed by atoms with van der Waals surface area (Å²) in [7, 11) is 0. The van der Waals surface area contributed by atoms with E-state index in [1.165, 1.54) is 0 Å². The summed E-state index contributed by atoms with van der Waals surface area (Å²) in [4.78, 5) is 32.7. The number of carbonyl (C=O) groups is 2. The fraction of sp³-hybridized carbons (Fsp3) is 0.211. The molecular weight excluding hydrogens is 352 g/mol. The third-order valence-electron chi connectivity index (χ3n) is 4.53. The molecule has 0 unspecified atom stereocenters. The van der Waals surface area contributed by atoms with Gasteiger partial charge in [0.25, 0.3) is 0 Å². The van der Waals surface area contributed by atoms with E-state index >= 15 is 0 Å². The molecule has 132 valence electrons. The molecule has 2 aromatic carbocycles. The van der Waals surface area contributed by atoms with Crippen LogP contribution in [0, 0.1) is 0 Å². The maximum atomic E-state index is 12.6. The van der Waals surface area contributed by atoms with Crippen molar-refractivity contribution in [3.63, 3.8) is 0 Å². The number of fused-ring (bicyclic) bond motifs is 1. The van der Waals surface area contributed by atoms with Gasteiger partial charge in [0.15, 0.2) is 0 Å². The lowest BCUT2D eigenvalue weighted by atomic mass is 10.2. The van der Waals surface area contributed by atoms with Gasteiger partial charge in [-0.15, -0.1) is 0 Å². The Morgan fingerprint density at radius 1 is 1.12 bits per heavy atom. The van der Waals surface area contributed by atoms with Gasteiger partial charge in [0, 0.05) is 23.8 Å². The second kappa shape index (κ2) is 6.80. The van der Waals surface area contributed by atoms with Crippen molar-refractivity contribution in [2.24, 2.45) is 0 Å². The molecule has 1 fully saturated rings. The number of carbonyl (C=O) groups excluding carboxylic acids is 2. The summed E-state index contributed by atoms with van der Waals surface area (Å²) in [6, 6.07) is 14.8. The van der Waals surface area contributed by atoms with E-state index < -0.39 is 0 Å². The number of amides is 2. The molecule has 26 heavy (non-hydrogen) atoms. The normalized spacial score (nSPS) is 14.9. The van der Waals surface area contributed by atoms with Crippen LogP contribution >= 0.6 is 11.6 Å². The minimum absolute atomic E-state index is 0.0674. The fourth-order valence-corrected chi connectivity index (χ4v) is 3.37. The van der Waals surface area contributed by atoms with Crippen molar-refractivity contribution in [1.82, 2.24) is 14.5 Å². The molecule has 0 bridgehead atoms. The zero-order valence-electron chi connectivity index (χ0n) is 14.0. The average molecular weight is 369 g/mol. The van der Waals surface area contributed by atoms with Crippen LogP contribution in [-0.2, 0) is 16.1 Å². The first kappa shape index (κ1) is 16.6. The number of piperazine rings is 1. The van der Waals surface area contributed by atoms with Crippen molar-refractivity contribution in [2.45, 2.75) is 6.54 Å². The van der Waals surface area contributed by atoms with E-state index in [1.54, 1.807) is 28.3 Å². The van der Waals surface area contributed by atoms with Crippen LogP contribution in [0.3, 0.4) is 0 Å². The molecule has 0 saturated carbocycles. The number of nitrogens with zero attached hydrogens (tertiary/aromatic N) is 4. The summed E-state index contributed by atoms with van der Waals surface area (Å²) < 4.78 is 1.81. The third-order valence-corrected chi connectivity index (χ3v) is 4.76. The van der Waals surface area contributed by atoms with Crippen LogP contribution in [0.4, 0.5) is 5.69 Å². The van der Waals surface area contributed by atoms with Crippen molar-refractivity contribution < 1.29 is 9.59 Å². The Bertz CT molecular complexity index is 984. The highest BCUT2D eigenvalue weighted by atomic mass is 35.5. The van der Waals surface area contributed by atoms with Crippen LogP contribution in [0.15, 0.2) is 54.9 Å². The highest BCUT2D eigenvalue weighted by Crippen LogP contribution is 2.21. The topological polar surface area (TPSA) is 58.4 Å². The van der Waals surface area contributed by atoms with Gasteiger partial charge in [-0.25, -0.2) is 4.98 Å². The lowest BCUT2D eigenvalue weighted by Gasteiger charge is -2.34. The summed E-state index contributed by atoms with van der Waals surface area (Å²) in [5.74, 6) is -0.199. The van der Waals surface area contributed by atoms with Crippen LogP contribution in [-0.4, -0.2) is 45.9 Å². The molecular formula is C19H17ClN4O2. The van der Waals surface area contributed by atoms with Crippen LogP contribution in [0.5, 0.6) is 0 Å². The lowest BCUT2D eigenvalue weighted by molar-refractivity contribution is -0.137. The van der Waals surface area contributed by atoms with Crippen molar-refractivity contribution in [3.05, 3.63) is 59.9 Å². The number of imidazole rings is 1. The van der Waals surface area contributed by atoms with E-state index in [-0.39, 0.29) is 24.9 Å². The summed E-state index contributed by atoms with van der Waals surface area (Å²) in [6.07, 6.45) is 1.66. The van der Waals surface area contributed by atoms with Gasteiger partial charge >= 0.3 is 0 Å². The molecule has 0 atom stereocenters. The predicted molar refractivity (Wildman–Crippen MR) is 100 cm³/mol. The SMILES string of the molecule is O=C(Cn1cnc2ccccc21)N1CCN(c2cccc(Cl)c2)C(=O)C1. The third kappa shape index (κ3) is 3.15. The van der Waals surface area contributed by atoms with Crippen LogP contribution in [0.1, 0.15) is 0 Å². The Morgan fingerprint density at radius 2 is 1.96 bits per heavy atom. The number of halogens is 1. The second-order valence-corrected chi connectivity index (χ2v) is 6.64. The van der Waals surface area contributed by atoms with E-state index in [2.05, 4.69) is 4.98 Å². The molecule has 0 N–H and O–H groups in total. The maximum absolute atomic E-state index is 12.6. The highest BCUT2D eigenvalue weighted by Gasteiger charge is 2.28. The molecule has 0 radical (unpaired) electrons. The number of hydrogen-bond donors (Lipinski definition) is 0. The molecule has 1 aliphatic heterocycles. The Balaban J connectivity index is 1.45. The van der Waals surface area contributed by atoms with Crippen LogP contribution in [0.25, 0.3) is 11.0 Å². The lowest BCUT2D eigenvalue weighted by Crippen LogP contribution is -2.53. The van der Waals surface area contributed by atoms with Gasteiger partial charge in [-0.1, -0.05) is 29.8 Å². The van der Waals surface area contributed by atoms with Crippen LogP contribution < -0.4 is 4.90 Å². The van der Waals surface area contributed by atoms with Crippen molar-refractivity contribution in [3.8, 4) is 0 Å². The van der Waals surface area contributed by atoms with Crippen molar-refractivity contribution in [2.75, 3.05) is 24.5 Å². The zero-order valence-corrected chi connectivity index (χ0v) is 14.8. The minimum atomic E-state index is -0.109. The monoisotopic (exact) mass is 368 g/mol. The molecule has 1 aromatic heterocycles. The summed E-state index contributed by atoms with van der Waals surface area (Å²) in [6.45, 7) is 1.18.